The second-order valence-electron chi connectivity index (χ2n) is 6.11. The van der Waals surface area contributed by atoms with Crippen molar-refractivity contribution in [2.45, 2.75) is 38.8 Å². The first-order valence-corrected chi connectivity index (χ1v) is 8.70. The summed E-state index contributed by atoms with van der Waals surface area (Å²) < 4.78 is 16.1. The van der Waals surface area contributed by atoms with Crippen LogP contribution in [0.3, 0.4) is 0 Å². The number of carbonyl (C=O) groups excluding carboxylic acids is 1. The summed E-state index contributed by atoms with van der Waals surface area (Å²) in [7, 11) is 1.63. The fourth-order valence-electron chi connectivity index (χ4n) is 3.16. The van der Waals surface area contributed by atoms with Crippen LogP contribution in [-0.4, -0.2) is 42.2 Å². The highest BCUT2D eigenvalue weighted by Crippen LogP contribution is 2.25. The third kappa shape index (κ3) is 4.20. The number of carbonyl (C=O) groups is 1. The Morgan fingerprint density at radius 3 is 3.08 bits per heavy atom. The Bertz CT molecular complexity index is 713. The summed E-state index contributed by atoms with van der Waals surface area (Å²) >= 11 is 0. The molecule has 2 heterocycles. The third-order valence-corrected chi connectivity index (χ3v) is 4.41. The molecule has 6 nitrogen and oxygen atoms in total. The van der Waals surface area contributed by atoms with E-state index in [0.717, 1.165) is 42.8 Å². The van der Waals surface area contributed by atoms with Gasteiger partial charge in [0, 0.05) is 12.1 Å². The maximum absolute atomic E-state index is 12.2. The van der Waals surface area contributed by atoms with Crippen molar-refractivity contribution in [3.05, 3.63) is 36.2 Å². The lowest BCUT2D eigenvalue weighted by molar-refractivity contribution is -0.151. The van der Waals surface area contributed by atoms with Crippen molar-refractivity contribution in [3.8, 4) is 17.2 Å². The van der Waals surface area contributed by atoms with Gasteiger partial charge in [0.1, 0.15) is 18.1 Å². The molecule has 2 aromatic rings. The lowest BCUT2D eigenvalue weighted by Gasteiger charge is -2.33. The van der Waals surface area contributed by atoms with Crippen molar-refractivity contribution in [3.63, 3.8) is 0 Å². The molecule has 6 heteroatoms. The van der Waals surface area contributed by atoms with Crippen molar-refractivity contribution < 1.29 is 18.7 Å². The minimum Gasteiger partial charge on any atom is -0.497 e. The molecule has 1 unspecified atom stereocenters. The molecule has 1 atom stereocenters. The summed E-state index contributed by atoms with van der Waals surface area (Å²) in [5.41, 5.74) is 1.68. The van der Waals surface area contributed by atoms with E-state index < -0.39 is 0 Å². The topological polar surface area (TPSA) is 64.8 Å². The maximum atomic E-state index is 12.2. The molecule has 25 heavy (non-hydrogen) atoms. The largest absolute Gasteiger partial charge is 0.497 e. The van der Waals surface area contributed by atoms with Gasteiger partial charge in [-0.15, -0.1) is 0 Å². The summed E-state index contributed by atoms with van der Waals surface area (Å²) in [6, 6.07) is 7.41. The van der Waals surface area contributed by atoms with Crippen LogP contribution in [0.1, 0.15) is 31.9 Å². The number of rotatable bonds is 6. The smallest absolute Gasteiger partial charge is 0.323 e. The highest BCUT2D eigenvalue weighted by Gasteiger charge is 2.30. The van der Waals surface area contributed by atoms with Gasteiger partial charge in [0.2, 0.25) is 5.89 Å². The van der Waals surface area contributed by atoms with Gasteiger partial charge in [0.05, 0.1) is 19.4 Å². The molecule has 1 aliphatic rings. The number of piperidine rings is 1. The van der Waals surface area contributed by atoms with E-state index in [0.29, 0.717) is 19.0 Å². The average Bonchev–Trinajstić information content (AvgIpc) is 3.11. The number of methoxy groups -OCH3 is 1. The lowest BCUT2D eigenvalue weighted by atomic mass is 10.0. The highest BCUT2D eigenvalue weighted by atomic mass is 16.5. The number of esters is 1. The highest BCUT2D eigenvalue weighted by molar-refractivity contribution is 5.75. The second kappa shape index (κ2) is 8.16. The standard InChI is InChI=1S/C19H24N2O4/c1-3-24-19(22)17-9-4-5-10-21(17)12-15-13-25-18(20-15)14-7-6-8-16(11-14)23-2/h6-8,11,13,17H,3-5,9-10,12H2,1-2H3. The minimum atomic E-state index is -0.189. The number of benzene rings is 1. The molecule has 0 aliphatic carbocycles. The Morgan fingerprint density at radius 1 is 1.40 bits per heavy atom. The van der Waals surface area contributed by atoms with Crippen molar-refractivity contribution in [2.75, 3.05) is 20.3 Å². The van der Waals surface area contributed by atoms with Crippen LogP contribution in [0.2, 0.25) is 0 Å². The van der Waals surface area contributed by atoms with Gasteiger partial charge in [-0.25, -0.2) is 4.98 Å². The van der Waals surface area contributed by atoms with Crippen LogP contribution in [0.15, 0.2) is 34.9 Å². The van der Waals surface area contributed by atoms with E-state index in [1.165, 1.54) is 0 Å². The minimum absolute atomic E-state index is 0.140. The number of nitrogens with zero attached hydrogens (tertiary/aromatic N) is 2. The van der Waals surface area contributed by atoms with Gasteiger partial charge in [-0.1, -0.05) is 12.5 Å². The first kappa shape index (κ1) is 17.5. The normalized spacial score (nSPS) is 18.1. The number of oxazole rings is 1. The van der Waals surface area contributed by atoms with Crippen molar-refractivity contribution in [2.24, 2.45) is 0 Å². The van der Waals surface area contributed by atoms with Gasteiger partial charge in [-0.3, -0.25) is 9.69 Å². The quantitative estimate of drug-likeness (QED) is 0.750. The summed E-state index contributed by atoms with van der Waals surface area (Å²) in [4.78, 5) is 18.9. The van der Waals surface area contributed by atoms with E-state index in [1.54, 1.807) is 13.4 Å². The Kier molecular flexibility index (Phi) is 5.71. The zero-order chi connectivity index (χ0) is 17.6. The molecule has 0 spiro atoms. The van der Waals surface area contributed by atoms with Crippen LogP contribution in [0.4, 0.5) is 0 Å². The van der Waals surface area contributed by atoms with Crippen molar-refractivity contribution >= 4 is 5.97 Å². The Labute approximate surface area is 147 Å². The number of aromatic nitrogens is 1. The van der Waals surface area contributed by atoms with E-state index in [1.807, 2.05) is 31.2 Å². The molecule has 1 aromatic heterocycles. The van der Waals surface area contributed by atoms with Gasteiger partial charge in [-0.05, 0) is 44.5 Å². The molecule has 0 amide bonds. The monoisotopic (exact) mass is 344 g/mol. The Hall–Kier alpha value is -2.34. The predicted molar refractivity (Wildman–Crippen MR) is 93.2 cm³/mol. The zero-order valence-corrected chi connectivity index (χ0v) is 14.7. The average molecular weight is 344 g/mol. The van der Waals surface area contributed by atoms with E-state index in [4.69, 9.17) is 13.9 Å². The maximum Gasteiger partial charge on any atom is 0.323 e. The van der Waals surface area contributed by atoms with Crippen molar-refractivity contribution in [1.82, 2.24) is 9.88 Å². The molecule has 0 bridgehead atoms. The third-order valence-electron chi connectivity index (χ3n) is 4.41. The molecule has 1 fully saturated rings. The molecular formula is C19H24N2O4. The zero-order valence-electron chi connectivity index (χ0n) is 14.7. The summed E-state index contributed by atoms with van der Waals surface area (Å²) in [6.07, 6.45) is 4.62. The fourth-order valence-corrected chi connectivity index (χ4v) is 3.16. The van der Waals surface area contributed by atoms with Crippen molar-refractivity contribution in [1.29, 1.82) is 0 Å². The van der Waals surface area contributed by atoms with Gasteiger partial charge in [0.25, 0.3) is 0 Å². The first-order valence-electron chi connectivity index (χ1n) is 8.70. The van der Waals surface area contributed by atoms with E-state index in [-0.39, 0.29) is 12.0 Å². The summed E-state index contributed by atoms with van der Waals surface area (Å²) in [5.74, 6) is 1.17. The Morgan fingerprint density at radius 2 is 2.28 bits per heavy atom. The summed E-state index contributed by atoms with van der Waals surface area (Å²) in [5, 5.41) is 0. The van der Waals surface area contributed by atoms with Gasteiger partial charge in [-0.2, -0.15) is 0 Å². The van der Waals surface area contributed by atoms with Gasteiger partial charge >= 0.3 is 5.97 Å². The van der Waals surface area contributed by atoms with Crippen LogP contribution in [0.5, 0.6) is 5.75 Å². The van der Waals surface area contributed by atoms with Crippen LogP contribution >= 0.6 is 0 Å². The van der Waals surface area contributed by atoms with Crippen LogP contribution in [0.25, 0.3) is 11.5 Å². The van der Waals surface area contributed by atoms with E-state index >= 15 is 0 Å². The van der Waals surface area contributed by atoms with E-state index in [9.17, 15) is 4.79 Å². The molecule has 0 N–H and O–H groups in total. The Balaban J connectivity index is 1.72. The molecule has 0 saturated carbocycles. The predicted octanol–water partition coefficient (Wildman–Crippen LogP) is 3.27. The molecular weight excluding hydrogens is 320 g/mol. The number of hydrogen-bond donors (Lipinski definition) is 0. The van der Waals surface area contributed by atoms with Crippen LogP contribution < -0.4 is 4.74 Å². The van der Waals surface area contributed by atoms with Crippen LogP contribution in [0, 0.1) is 0 Å². The number of likely N-dealkylation sites (tertiary alicyclic amines) is 1. The molecule has 0 radical (unpaired) electrons. The number of ether oxygens (including phenoxy) is 2. The second-order valence-corrected chi connectivity index (χ2v) is 6.11. The lowest BCUT2D eigenvalue weighted by Crippen LogP contribution is -2.45. The van der Waals surface area contributed by atoms with E-state index in [2.05, 4.69) is 9.88 Å². The molecule has 3 rings (SSSR count). The molecule has 1 aliphatic heterocycles. The number of hydrogen-bond acceptors (Lipinski definition) is 6. The molecule has 1 aromatic carbocycles. The summed E-state index contributed by atoms with van der Waals surface area (Å²) in [6.45, 7) is 3.69. The molecule has 1 saturated heterocycles. The first-order chi connectivity index (χ1) is 12.2. The van der Waals surface area contributed by atoms with Gasteiger partial charge < -0.3 is 13.9 Å². The molecule has 134 valence electrons. The van der Waals surface area contributed by atoms with Gasteiger partial charge in [0.15, 0.2) is 0 Å². The fraction of sp³-hybridized carbons (Fsp3) is 0.474. The SMILES string of the molecule is CCOC(=O)C1CCCCN1Cc1coc(-c2cccc(OC)c2)n1. The van der Waals surface area contributed by atoms with Crippen LogP contribution in [-0.2, 0) is 16.1 Å².